The lowest BCUT2D eigenvalue weighted by molar-refractivity contribution is -0.318. The van der Waals surface area contributed by atoms with Crippen LogP contribution in [0.5, 0.6) is 0 Å². The van der Waals surface area contributed by atoms with Crippen LogP contribution >= 0.6 is 0 Å². The van der Waals surface area contributed by atoms with Crippen LogP contribution in [0.15, 0.2) is 0 Å². The van der Waals surface area contributed by atoms with Crippen LogP contribution in [-0.4, -0.2) is 148 Å². The van der Waals surface area contributed by atoms with Gasteiger partial charge in [-0.1, -0.05) is 27.7 Å². The van der Waals surface area contributed by atoms with Crippen molar-refractivity contribution in [3.05, 3.63) is 0 Å². The van der Waals surface area contributed by atoms with Crippen molar-refractivity contribution in [2.45, 2.75) is 179 Å². The zero-order chi connectivity index (χ0) is 39.0. The predicted octanol–water partition coefficient (Wildman–Crippen LogP) is 1.95. The molecule has 18 atom stereocenters. The Morgan fingerprint density at radius 1 is 0.885 bits per heavy atom. The van der Waals surface area contributed by atoms with Crippen LogP contribution in [0, 0.1) is 23.7 Å². The summed E-state index contributed by atoms with van der Waals surface area (Å²) in [7, 11) is 5.18. The summed E-state index contributed by atoms with van der Waals surface area (Å²) >= 11 is 0. The molecule has 8 N–H and O–H groups in total. The van der Waals surface area contributed by atoms with Gasteiger partial charge in [-0.2, -0.15) is 0 Å². The molecule has 15 nitrogen and oxygen atoms in total. The highest BCUT2D eigenvalue weighted by molar-refractivity contribution is 5.83. The molecule has 0 unspecified atom stereocenters. The number of nitrogens with zero attached hydrogens (tertiary/aromatic N) is 1. The SMILES string of the molecule is CC[C@H]1OC(=O)[C@H](C)[C@@H](O[C@H]2C[C@@](C)(OC)[C@@H](O)[C@H](C)O2)[C@@H](C)[C@@H](O[C@@H]2O[C@H](C)C[C@H](N(C)C)[C@H]2O)[C@](C)(O)C[C@@H](C)C(=O)[C@H](C)[C@H](O)[C@]1(C)O.N. The lowest BCUT2D eigenvalue weighted by Gasteiger charge is -2.49. The molecular formula is C37H70N2O13. The molecule has 0 bridgehead atoms. The largest absolute Gasteiger partial charge is 0.459 e. The Kier molecular flexibility index (Phi) is 16.3. The highest BCUT2D eigenvalue weighted by Crippen LogP contribution is 2.40. The van der Waals surface area contributed by atoms with Gasteiger partial charge in [-0.25, -0.2) is 0 Å². The number of hydrogen-bond acceptors (Lipinski definition) is 15. The fourth-order valence-electron chi connectivity index (χ4n) is 8.41. The van der Waals surface area contributed by atoms with Crippen LogP contribution < -0.4 is 6.15 Å². The number of methoxy groups -OCH3 is 1. The molecule has 0 saturated carbocycles. The molecule has 306 valence electrons. The number of cyclic esters (lactones) is 1. The number of carbonyl (C=O) groups is 2. The Hall–Kier alpha value is -1.34. The van der Waals surface area contributed by atoms with Gasteiger partial charge in [-0.05, 0) is 74.9 Å². The number of hydrogen-bond donors (Lipinski definition) is 6. The van der Waals surface area contributed by atoms with Crippen LogP contribution in [0.1, 0.15) is 94.9 Å². The van der Waals surface area contributed by atoms with Gasteiger partial charge in [0.1, 0.15) is 29.7 Å². The third kappa shape index (κ3) is 9.90. The summed E-state index contributed by atoms with van der Waals surface area (Å²) < 4.78 is 37.1. The molecular weight excluding hydrogens is 680 g/mol. The number of rotatable bonds is 7. The number of aliphatic hydroxyl groups excluding tert-OH is 3. The van der Waals surface area contributed by atoms with Crippen molar-refractivity contribution in [3.63, 3.8) is 0 Å². The molecule has 0 spiro atoms. The molecule has 0 aliphatic carbocycles. The summed E-state index contributed by atoms with van der Waals surface area (Å²) in [6.07, 6.45) is -9.71. The smallest absolute Gasteiger partial charge is 0.311 e. The first-order valence-corrected chi connectivity index (χ1v) is 18.5. The van der Waals surface area contributed by atoms with E-state index in [-0.39, 0.29) is 37.6 Å². The molecule has 0 amide bonds. The molecule has 3 aliphatic rings. The Morgan fingerprint density at radius 3 is 2.02 bits per heavy atom. The second-order valence-corrected chi connectivity index (χ2v) is 16.5. The second-order valence-electron chi connectivity index (χ2n) is 16.5. The maximum Gasteiger partial charge on any atom is 0.311 e. The molecule has 3 aliphatic heterocycles. The fraction of sp³-hybridized carbons (Fsp3) is 0.946. The monoisotopic (exact) mass is 750 g/mol. The molecule has 3 fully saturated rings. The summed E-state index contributed by atoms with van der Waals surface area (Å²) in [5, 5.41) is 57.6. The Labute approximate surface area is 310 Å². The van der Waals surface area contributed by atoms with Crippen molar-refractivity contribution in [2.75, 3.05) is 21.2 Å². The van der Waals surface area contributed by atoms with Crippen LogP contribution in [0.2, 0.25) is 0 Å². The average molecular weight is 751 g/mol. The molecule has 3 rings (SSSR count). The summed E-state index contributed by atoms with van der Waals surface area (Å²) in [6.45, 7) is 16.3. The minimum absolute atomic E-state index is 0. The summed E-state index contributed by atoms with van der Waals surface area (Å²) in [6, 6.07) is -0.324. The first-order chi connectivity index (χ1) is 23.4. The molecule has 3 heterocycles. The van der Waals surface area contributed by atoms with Crippen LogP contribution in [0.3, 0.4) is 0 Å². The highest BCUT2D eigenvalue weighted by Gasteiger charge is 2.53. The van der Waals surface area contributed by atoms with Crippen molar-refractivity contribution >= 4 is 11.8 Å². The van der Waals surface area contributed by atoms with E-state index in [0.717, 1.165) is 0 Å². The first kappa shape index (κ1) is 46.8. The standard InChI is InChI=1S/C37H67NO13.H3N/c1-14-25-37(10,45)30(41)20(4)27(39)18(2)16-35(8,44)32(51-34-28(40)24(38(11)12)15-19(3)47-34)21(5)29(22(6)33(43)49-25)50-26-17-36(9,46-13)31(42)23(7)48-26;/h18-26,28-32,34,40-42,44-45H,14-17H2,1-13H3;1H3/t18-,19-,20+,21-,22-,23+,24+,25-,26+,28-,29+,30+,31+,32-,34+,35-,36-,37-;/m1./s1. The number of ketones is 1. The first-order valence-electron chi connectivity index (χ1n) is 18.5. The lowest BCUT2D eigenvalue weighted by atomic mass is 9.74. The molecule has 15 heteroatoms. The molecule has 0 aromatic carbocycles. The van der Waals surface area contributed by atoms with Crippen molar-refractivity contribution in [2.24, 2.45) is 23.7 Å². The maximum absolute atomic E-state index is 14.1. The minimum Gasteiger partial charge on any atom is -0.459 e. The molecule has 0 aromatic rings. The lowest BCUT2D eigenvalue weighted by Crippen LogP contribution is -2.61. The summed E-state index contributed by atoms with van der Waals surface area (Å²) in [5.74, 6) is -4.98. The third-order valence-corrected chi connectivity index (χ3v) is 11.8. The third-order valence-electron chi connectivity index (χ3n) is 11.8. The van der Waals surface area contributed by atoms with E-state index >= 15 is 0 Å². The van der Waals surface area contributed by atoms with Gasteiger partial charge in [-0.15, -0.1) is 0 Å². The van der Waals surface area contributed by atoms with Gasteiger partial charge < -0.3 is 65.0 Å². The quantitative estimate of drug-likeness (QED) is 0.204. The van der Waals surface area contributed by atoms with Gasteiger partial charge in [-0.3, -0.25) is 9.59 Å². The van der Waals surface area contributed by atoms with E-state index in [2.05, 4.69) is 0 Å². The zero-order valence-electron chi connectivity index (χ0n) is 33.6. The number of likely N-dealkylation sites (N-methyl/N-ethyl adjacent to an activating group) is 1. The molecule has 3 saturated heterocycles. The maximum atomic E-state index is 14.1. The summed E-state index contributed by atoms with van der Waals surface area (Å²) in [5.41, 5.74) is -4.84. The van der Waals surface area contributed by atoms with Gasteiger partial charge in [0.25, 0.3) is 0 Å². The predicted molar refractivity (Wildman–Crippen MR) is 191 cm³/mol. The normalized spacial score (nSPS) is 48.8. The van der Waals surface area contributed by atoms with Crippen molar-refractivity contribution in [3.8, 4) is 0 Å². The topological polar surface area (TPSA) is 229 Å². The number of esters is 1. The van der Waals surface area contributed by atoms with Crippen molar-refractivity contribution < 1.29 is 63.5 Å². The van der Waals surface area contributed by atoms with E-state index in [0.29, 0.717) is 6.42 Å². The van der Waals surface area contributed by atoms with E-state index in [9.17, 15) is 35.1 Å². The molecule has 0 radical (unpaired) electrons. The Balaban J connectivity index is 0.00000936. The van der Waals surface area contributed by atoms with Crippen LogP contribution in [0.4, 0.5) is 0 Å². The number of carbonyl (C=O) groups excluding carboxylic acids is 2. The molecule has 0 aromatic heterocycles. The Bertz CT molecular complexity index is 1170. The van der Waals surface area contributed by atoms with E-state index in [1.807, 2.05) is 25.9 Å². The van der Waals surface area contributed by atoms with Crippen LogP contribution in [0.25, 0.3) is 0 Å². The van der Waals surface area contributed by atoms with Crippen LogP contribution in [-0.2, 0) is 38.0 Å². The van der Waals surface area contributed by atoms with Gasteiger partial charge in [0.15, 0.2) is 12.6 Å². The van der Waals surface area contributed by atoms with E-state index < -0.39 is 108 Å². The van der Waals surface area contributed by atoms with E-state index in [4.69, 9.17) is 28.4 Å². The number of aliphatic hydroxyl groups is 5. The number of Topliss-reactive ketones (excluding diaryl/α,β-unsaturated/α-hetero) is 1. The second kappa shape index (κ2) is 18.1. The van der Waals surface area contributed by atoms with Gasteiger partial charge in [0.05, 0.1) is 47.6 Å². The zero-order valence-corrected chi connectivity index (χ0v) is 33.6. The average Bonchev–Trinajstić information content (AvgIpc) is 3.05. The van der Waals surface area contributed by atoms with E-state index in [1.165, 1.54) is 27.9 Å². The van der Waals surface area contributed by atoms with Crippen molar-refractivity contribution in [1.29, 1.82) is 0 Å². The Morgan fingerprint density at radius 2 is 1.48 bits per heavy atom. The van der Waals surface area contributed by atoms with Gasteiger partial charge in [0, 0.05) is 37.3 Å². The van der Waals surface area contributed by atoms with Crippen molar-refractivity contribution in [1.82, 2.24) is 11.1 Å². The number of ether oxygens (including phenoxy) is 6. The summed E-state index contributed by atoms with van der Waals surface area (Å²) in [4.78, 5) is 29.8. The van der Waals surface area contributed by atoms with E-state index in [1.54, 1.807) is 41.5 Å². The minimum atomic E-state index is -1.99. The fourth-order valence-corrected chi connectivity index (χ4v) is 8.41. The highest BCUT2D eigenvalue weighted by atomic mass is 16.7. The van der Waals surface area contributed by atoms with Gasteiger partial charge in [0.2, 0.25) is 0 Å². The molecule has 52 heavy (non-hydrogen) atoms. The van der Waals surface area contributed by atoms with Gasteiger partial charge >= 0.3 is 5.97 Å².